The van der Waals surface area contributed by atoms with E-state index >= 15 is 0 Å². The average molecular weight is 484 g/mol. The van der Waals surface area contributed by atoms with Gasteiger partial charge in [-0.15, -0.1) is 0 Å². The Morgan fingerprint density at radius 1 is 0.882 bits per heavy atom. The SMILES string of the molecule is C[C@@H](O)[C@@H](C(N)=O)N1CC2(CCC3(CN([C@H](C(N)=O)[C@@H](C)O)C3=O)N2C(=O)OC(C)(C)C)C1=O. The molecule has 0 radical (unpaired) electrons. The minimum atomic E-state index is -1.47. The van der Waals surface area contributed by atoms with E-state index in [1.165, 1.54) is 13.8 Å². The molecule has 0 aliphatic carbocycles. The standard InChI is InChI=1S/C21H33N5O8/c1-10(27)12(14(22)29)24-8-20(16(24)31)6-7-21(26(20)18(33)34-19(3,4)5)9-25(17(21)32)13(11(2)28)15(23)30/h10-13,27-28H,6-9H2,1-5H3,(H2,22,29)(H2,23,30)/t10-,11-,12+,13+,20?,21?/m1/s1. The topological polar surface area (TPSA) is 197 Å². The summed E-state index contributed by atoms with van der Waals surface area (Å²) in [6.07, 6.45) is -3.18. The molecule has 13 heteroatoms. The van der Waals surface area contributed by atoms with E-state index in [0.29, 0.717) is 0 Å². The van der Waals surface area contributed by atoms with Crippen LogP contribution in [-0.4, -0.2) is 109 Å². The second-order valence-corrected chi connectivity index (χ2v) is 10.4. The summed E-state index contributed by atoms with van der Waals surface area (Å²) in [5, 5.41) is 19.9. The molecule has 3 aliphatic heterocycles. The van der Waals surface area contributed by atoms with Crippen LogP contribution in [0.1, 0.15) is 47.5 Å². The third-order valence-electron chi connectivity index (χ3n) is 6.73. The molecule has 3 rings (SSSR count). The van der Waals surface area contributed by atoms with Crippen LogP contribution in [0.25, 0.3) is 0 Å². The Balaban J connectivity index is 1.98. The van der Waals surface area contributed by atoms with Gasteiger partial charge < -0.3 is 36.2 Å². The number of nitrogens with two attached hydrogens (primary N) is 2. The maximum atomic E-state index is 13.4. The number of carbonyl (C=O) groups is 5. The summed E-state index contributed by atoms with van der Waals surface area (Å²) >= 11 is 0. The first-order chi connectivity index (χ1) is 15.5. The number of carbonyl (C=O) groups excluding carboxylic acids is 5. The van der Waals surface area contributed by atoms with Gasteiger partial charge in [0.25, 0.3) is 11.8 Å². The van der Waals surface area contributed by atoms with Crippen molar-refractivity contribution >= 4 is 29.7 Å². The van der Waals surface area contributed by atoms with E-state index in [0.717, 1.165) is 14.7 Å². The molecule has 3 fully saturated rings. The molecule has 190 valence electrons. The van der Waals surface area contributed by atoms with Crippen LogP contribution in [0.3, 0.4) is 0 Å². The Morgan fingerprint density at radius 3 is 1.47 bits per heavy atom. The van der Waals surface area contributed by atoms with Crippen LogP contribution >= 0.6 is 0 Å². The number of β-lactam (4-membered cyclic amide) rings is 2. The number of hydrogen-bond donors (Lipinski definition) is 4. The highest BCUT2D eigenvalue weighted by atomic mass is 16.6. The molecule has 2 spiro atoms. The van der Waals surface area contributed by atoms with Gasteiger partial charge in [0.2, 0.25) is 11.8 Å². The Bertz CT molecular complexity index is 871. The molecule has 0 aromatic rings. The monoisotopic (exact) mass is 483 g/mol. The fourth-order valence-electron chi connectivity index (χ4n) is 5.36. The second kappa shape index (κ2) is 8.08. The lowest BCUT2D eigenvalue weighted by atomic mass is 9.83. The molecule has 5 amide bonds. The summed E-state index contributed by atoms with van der Waals surface area (Å²) < 4.78 is 5.53. The zero-order valence-corrected chi connectivity index (χ0v) is 20.0. The Morgan fingerprint density at radius 2 is 1.24 bits per heavy atom. The van der Waals surface area contributed by atoms with Crippen LogP contribution in [-0.2, 0) is 23.9 Å². The van der Waals surface area contributed by atoms with Gasteiger partial charge in [-0.3, -0.25) is 24.1 Å². The first-order valence-corrected chi connectivity index (χ1v) is 11.1. The van der Waals surface area contributed by atoms with Crippen LogP contribution in [0.2, 0.25) is 0 Å². The number of amides is 5. The molecule has 3 saturated heterocycles. The molecule has 34 heavy (non-hydrogen) atoms. The minimum Gasteiger partial charge on any atom is -0.444 e. The number of rotatable bonds is 6. The first kappa shape index (κ1) is 25.7. The van der Waals surface area contributed by atoms with Crippen molar-refractivity contribution in [1.29, 1.82) is 0 Å². The van der Waals surface area contributed by atoms with E-state index in [2.05, 4.69) is 0 Å². The molecule has 13 nitrogen and oxygen atoms in total. The molecule has 0 saturated carbocycles. The Kier molecular flexibility index (Phi) is 6.11. The fourth-order valence-corrected chi connectivity index (χ4v) is 5.36. The van der Waals surface area contributed by atoms with Crippen LogP contribution < -0.4 is 11.5 Å². The summed E-state index contributed by atoms with van der Waals surface area (Å²) in [6.45, 7) is 7.29. The number of aliphatic hydroxyl groups excluding tert-OH is 2. The summed E-state index contributed by atoms with van der Waals surface area (Å²) in [7, 11) is 0. The number of aliphatic hydroxyl groups is 2. The van der Waals surface area contributed by atoms with Crippen LogP contribution in [0.15, 0.2) is 0 Å². The average Bonchev–Trinajstić information content (AvgIpc) is 3.04. The lowest BCUT2D eigenvalue weighted by Crippen LogP contribution is -2.84. The van der Waals surface area contributed by atoms with Gasteiger partial charge >= 0.3 is 6.09 Å². The van der Waals surface area contributed by atoms with E-state index < -0.39 is 70.7 Å². The Hall–Kier alpha value is -2.93. The largest absolute Gasteiger partial charge is 0.444 e. The molecule has 0 aromatic carbocycles. The van der Waals surface area contributed by atoms with E-state index in [4.69, 9.17) is 16.2 Å². The van der Waals surface area contributed by atoms with Crippen molar-refractivity contribution < 1.29 is 38.9 Å². The van der Waals surface area contributed by atoms with Gasteiger partial charge in [0, 0.05) is 0 Å². The smallest absolute Gasteiger partial charge is 0.412 e. The van der Waals surface area contributed by atoms with Gasteiger partial charge in [0.1, 0.15) is 28.8 Å². The maximum absolute atomic E-state index is 13.4. The molecular formula is C21H33N5O8. The van der Waals surface area contributed by atoms with Crippen molar-refractivity contribution in [3.05, 3.63) is 0 Å². The highest BCUT2D eigenvalue weighted by molar-refractivity contribution is 6.05. The summed E-state index contributed by atoms with van der Waals surface area (Å²) in [6, 6.07) is -2.59. The van der Waals surface area contributed by atoms with E-state index in [1.807, 2.05) is 0 Å². The van der Waals surface area contributed by atoms with E-state index in [9.17, 15) is 34.2 Å². The third-order valence-corrected chi connectivity index (χ3v) is 6.73. The zero-order chi connectivity index (χ0) is 26.0. The van der Waals surface area contributed by atoms with Crippen molar-refractivity contribution in [2.24, 2.45) is 11.5 Å². The number of hydrogen-bond acceptors (Lipinski definition) is 8. The van der Waals surface area contributed by atoms with Crippen molar-refractivity contribution in [2.75, 3.05) is 13.1 Å². The molecule has 6 atom stereocenters. The van der Waals surface area contributed by atoms with Gasteiger partial charge in [-0.2, -0.15) is 0 Å². The first-order valence-electron chi connectivity index (χ1n) is 11.1. The number of likely N-dealkylation sites (tertiary alicyclic amines) is 3. The highest BCUT2D eigenvalue weighted by Gasteiger charge is 2.75. The zero-order valence-electron chi connectivity index (χ0n) is 20.0. The van der Waals surface area contributed by atoms with E-state index in [1.54, 1.807) is 20.8 Å². The molecule has 0 bridgehead atoms. The normalized spacial score (nSPS) is 30.0. The molecular weight excluding hydrogens is 450 g/mol. The lowest BCUT2D eigenvalue weighted by molar-refractivity contribution is -0.188. The van der Waals surface area contributed by atoms with Crippen LogP contribution in [0.5, 0.6) is 0 Å². The lowest BCUT2D eigenvalue weighted by Gasteiger charge is -2.59. The predicted octanol–water partition coefficient (Wildman–Crippen LogP) is -2.35. The molecule has 2 unspecified atom stereocenters. The summed E-state index contributed by atoms with van der Waals surface area (Å²) in [5.41, 5.74) is 6.86. The van der Waals surface area contributed by atoms with Crippen molar-refractivity contribution in [1.82, 2.24) is 14.7 Å². The number of ether oxygens (including phenoxy) is 1. The predicted molar refractivity (Wildman–Crippen MR) is 116 cm³/mol. The summed E-state index contributed by atoms with van der Waals surface area (Å²) in [5.74, 6) is -3.06. The van der Waals surface area contributed by atoms with Gasteiger partial charge in [0.15, 0.2) is 0 Å². The minimum absolute atomic E-state index is 0.0996. The van der Waals surface area contributed by atoms with Gasteiger partial charge in [-0.05, 0) is 47.5 Å². The van der Waals surface area contributed by atoms with Crippen LogP contribution in [0, 0.1) is 0 Å². The van der Waals surface area contributed by atoms with Gasteiger partial charge in [-0.1, -0.05) is 0 Å². The molecule has 0 aromatic heterocycles. The van der Waals surface area contributed by atoms with Crippen molar-refractivity contribution in [3.8, 4) is 0 Å². The van der Waals surface area contributed by atoms with Crippen molar-refractivity contribution in [3.63, 3.8) is 0 Å². The molecule has 3 aliphatic rings. The quantitative estimate of drug-likeness (QED) is 0.301. The highest BCUT2D eigenvalue weighted by Crippen LogP contribution is 2.53. The summed E-state index contributed by atoms with van der Waals surface area (Å²) in [4.78, 5) is 67.1. The van der Waals surface area contributed by atoms with Crippen molar-refractivity contribution in [2.45, 2.75) is 88.4 Å². The second-order valence-electron chi connectivity index (χ2n) is 10.4. The van der Waals surface area contributed by atoms with E-state index in [-0.39, 0.29) is 25.9 Å². The number of nitrogens with zero attached hydrogens (tertiary/aromatic N) is 3. The number of primary amides is 2. The molecule has 3 heterocycles. The Labute approximate surface area is 196 Å². The molecule has 6 N–H and O–H groups in total. The van der Waals surface area contributed by atoms with Gasteiger partial charge in [-0.25, -0.2) is 4.79 Å². The van der Waals surface area contributed by atoms with Gasteiger partial charge in [0.05, 0.1) is 25.3 Å². The fraction of sp³-hybridized carbons (Fsp3) is 0.762. The van der Waals surface area contributed by atoms with Crippen LogP contribution in [0.4, 0.5) is 4.79 Å². The third kappa shape index (κ3) is 3.66. The maximum Gasteiger partial charge on any atom is 0.412 e.